The van der Waals surface area contributed by atoms with Crippen molar-refractivity contribution < 1.29 is 14.3 Å². The number of halogens is 2. The molecule has 1 unspecified atom stereocenters. The van der Waals surface area contributed by atoms with Crippen molar-refractivity contribution in [2.45, 2.75) is 39.7 Å². The van der Waals surface area contributed by atoms with Gasteiger partial charge in [0.2, 0.25) is 0 Å². The fourth-order valence-electron chi connectivity index (χ4n) is 2.62. The van der Waals surface area contributed by atoms with E-state index >= 15 is 0 Å². The quantitative estimate of drug-likeness (QED) is 0.293. The smallest absolute Gasteiger partial charge is 0.262 e. The van der Waals surface area contributed by atoms with E-state index in [1.54, 1.807) is 6.07 Å². The van der Waals surface area contributed by atoms with Crippen molar-refractivity contribution in [2.75, 3.05) is 6.61 Å². The lowest BCUT2D eigenvalue weighted by Gasteiger charge is -2.20. The maximum Gasteiger partial charge on any atom is 0.262 e. The Bertz CT molecular complexity index is 915. The molecule has 6 nitrogen and oxygen atoms in total. The standard InChI is InChI=1S/C23H27Cl2N3O3/c1-4-5-12-31-18-9-6-16(7-10-18)14-26-28-23(30)21(15(2)3)27-22(29)17-8-11-19(24)20(25)13-17/h6-11,13-15,21H,4-5,12H2,1-3H3,(H,27,29)(H,28,30)/b26-14+. The monoisotopic (exact) mass is 463 g/mol. The molecule has 8 heteroatoms. The number of nitrogens with zero attached hydrogens (tertiary/aromatic N) is 1. The van der Waals surface area contributed by atoms with Crippen LogP contribution in [0.3, 0.4) is 0 Å². The highest BCUT2D eigenvalue weighted by atomic mass is 35.5. The Labute approximate surface area is 193 Å². The predicted molar refractivity (Wildman–Crippen MR) is 125 cm³/mol. The summed E-state index contributed by atoms with van der Waals surface area (Å²) in [7, 11) is 0. The van der Waals surface area contributed by atoms with E-state index in [-0.39, 0.29) is 10.9 Å². The molecule has 0 saturated carbocycles. The molecule has 0 heterocycles. The molecule has 0 aliphatic rings. The second kappa shape index (κ2) is 12.3. The predicted octanol–water partition coefficient (Wildman–Crippen LogP) is 5.08. The van der Waals surface area contributed by atoms with Gasteiger partial charge in [-0.05, 0) is 60.4 Å². The van der Waals surface area contributed by atoms with Gasteiger partial charge in [-0.2, -0.15) is 5.10 Å². The number of unbranched alkanes of at least 4 members (excludes halogenated alkanes) is 1. The zero-order chi connectivity index (χ0) is 22.8. The molecule has 31 heavy (non-hydrogen) atoms. The number of benzene rings is 2. The summed E-state index contributed by atoms with van der Waals surface area (Å²) in [5.74, 6) is -0.199. The Balaban J connectivity index is 1.94. The molecule has 2 amide bonds. The highest BCUT2D eigenvalue weighted by molar-refractivity contribution is 6.42. The van der Waals surface area contributed by atoms with Crippen molar-refractivity contribution in [1.29, 1.82) is 0 Å². The van der Waals surface area contributed by atoms with Crippen LogP contribution >= 0.6 is 23.2 Å². The Hall–Kier alpha value is -2.57. The average molecular weight is 464 g/mol. The lowest BCUT2D eigenvalue weighted by atomic mass is 10.0. The highest BCUT2D eigenvalue weighted by Crippen LogP contribution is 2.22. The Kier molecular flexibility index (Phi) is 9.82. The van der Waals surface area contributed by atoms with Crippen LogP contribution in [0.5, 0.6) is 5.75 Å². The number of amides is 2. The largest absolute Gasteiger partial charge is 0.494 e. The molecule has 0 saturated heterocycles. The summed E-state index contributed by atoms with van der Waals surface area (Å²) >= 11 is 11.9. The van der Waals surface area contributed by atoms with Crippen LogP contribution < -0.4 is 15.5 Å². The van der Waals surface area contributed by atoms with Gasteiger partial charge in [-0.1, -0.05) is 50.4 Å². The van der Waals surface area contributed by atoms with Gasteiger partial charge >= 0.3 is 0 Å². The third-order valence-corrected chi connectivity index (χ3v) is 5.19. The number of nitrogens with one attached hydrogen (secondary N) is 2. The molecule has 0 spiro atoms. The van der Waals surface area contributed by atoms with E-state index in [0.29, 0.717) is 17.2 Å². The minimum absolute atomic E-state index is 0.151. The van der Waals surface area contributed by atoms with E-state index in [9.17, 15) is 9.59 Å². The Morgan fingerprint density at radius 2 is 1.81 bits per heavy atom. The van der Waals surface area contributed by atoms with E-state index in [2.05, 4.69) is 22.8 Å². The number of hydrazone groups is 1. The van der Waals surface area contributed by atoms with Crippen molar-refractivity contribution in [1.82, 2.24) is 10.7 Å². The van der Waals surface area contributed by atoms with Crippen LogP contribution in [0.25, 0.3) is 0 Å². The Morgan fingerprint density at radius 3 is 2.42 bits per heavy atom. The second-order valence-corrected chi connectivity index (χ2v) is 8.14. The third-order valence-electron chi connectivity index (χ3n) is 4.45. The molecule has 2 rings (SSSR count). The molecule has 166 valence electrons. The van der Waals surface area contributed by atoms with E-state index in [0.717, 1.165) is 24.2 Å². The molecular formula is C23H27Cl2N3O3. The van der Waals surface area contributed by atoms with Crippen LogP contribution in [-0.4, -0.2) is 30.7 Å². The maximum atomic E-state index is 12.6. The lowest BCUT2D eigenvalue weighted by Crippen LogP contribution is -2.48. The normalized spacial score (nSPS) is 12.1. The summed E-state index contributed by atoms with van der Waals surface area (Å²) in [6.07, 6.45) is 3.62. The van der Waals surface area contributed by atoms with E-state index in [4.69, 9.17) is 27.9 Å². The van der Waals surface area contributed by atoms with Gasteiger partial charge in [-0.3, -0.25) is 9.59 Å². The molecule has 0 aliphatic heterocycles. The summed E-state index contributed by atoms with van der Waals surface area (Å²) in [5.41, 5.74) is 3.61. The van der Waals surface area contributed by atoms with Gasteiger partial charge < -0.3 is 10.1 Å². The number of hydrogen-bond acceptors (Lipinski definition) is 4. The van der Waals surface area contributed by atoms with E-state index in [1.165, 1.54) is 18.3 Å². The fourth-order valence-corrected chi connectivity index (χ4v) is 2.92. The zero-order valence-electron chi connectivity index (χ0n) is 17.8. The highest BCUT2D eigenvalue weighted by Gasteiger charge is 2.24. The van der Waals surface area contributed by atoms with E-state index in [1.807, 2.05) is 38.1 Å². The number of hydrogen-bond donors (Lipinski definition) is 2. The minimum Gasteiger partial charge on any atom is -0.494 e. The minimum atomic E-state index is -0.770. The lowest BCUT2D eigenvalue weighted by molar-refractivity contribution is -0.123. The first-order chi connectivity index (χ1) is 14.8. The van der Waals surface area contributed by atoms with Gasteiger partial charge in [0, 0.05) is 5.56 Å². The average Bonchev–Trinajstić information content (AvgIpc) is 2.74. The molecule has 0 aromatic heterocycles. The SMILES string of the molecule is CCCCOc1ccc(/C=N/NC(=O)C(NC(=O)c2ccc(Cl)c(Cl)c2)C(C)C)cc1. The van der Waals surface area contributed by atoms with Gasteiger partial charge in [-0.15, -0.1) is 0 Å². The molecule has 0 aliphatic carbocycles. The third kappa shape index (κ3) is 7.89. The zero-order valence-corrected chi connectivity index (χ0v) is 19.3. The van der Waals surface area contributed by atoms with Crippen LogP contribution in [0.15, 0.2) is 47.6 Å². The van der Waals surface area contributed by atoms with Crippen LogP contribution in [0.1, 0.15) is 49.5 Å². The van der Waals surface area contributed by atoms with Gasteiger partial charge in [-0.25, -0.2) is 5.43 Å². The summed E-state index contributed by atoms with van der Waals surface area (Å²) in [4.78, 5) is 25.1. The number of rotatable bonds is 10. The van der Waals surface area contributed by atoms with Gasteiger partial charge in [0.05, 0.1) is 22.9 Å². The Morgan fingerprint density at radius 1 is 1.10 bits per heavy atom. The molecule has 0 fully saturated rings. The second-order valence-electron chi connectivity index (χ2n) is 7.33. The van der Waals surface area contributed by atoms with Crippen molar-refractivity contribution in [3.8, 4) is 5.75 Å². The first-order valence-corrected chi connectivity index (χ1v) is 10.9. The topological polar surface area (TPSA) is 79.8 Å². The molecule has 0 bridgehead atoms. The first-order valence-electron chi connectivity index (χ1n) is 10.1. The van der Waals surface area contributed by atoms with Crippen LogP contribution in [0.2, 0.25) is 10.0 Å². The molecule has 0 radical (unpaired) electrons. The van der Waals surface area contributed by atoms with Crippen molar-refractivity contribution in [2.24, 2.45) is 11.0 Å². The van der Waals surface area contributed by atoms with Gasteiger partial charge in [0.1, 0.15) is 11.8 Å². The first kappa shape index (κ1) is 24.7. The summed E-state index contributed by atoms with van der Waals surface area (Å²) in [6.45, 7) is 6.46. The van der Waals surface area contributed by atoms with Crippen LogP contribution in [0, 0.1) is 5.92 Å². The molecular weight excluding hydrogens is 437 g/mol. The van der Waals surface area contributed by atoms with E-state index < -0.39 is 17.9 Å². The number of ether oxygens (including phenoxy) is 1. The fraction of sp³-hybridized carbons (Fsp3) is 0.348. The van der Waals surface area contributed by atoms with Crippen LogP contribution in [0.4, 0.5) is 0 Å². The van der Waals surface area contributed by atoms with Crippen molar-refractivity contribution in [3.05, 3.63) is 63.6 Å². The molecule has 2 N–H and O–H groups in total. The van der Waals surface area contributed by atoms with Crippen molar-refractivity contribution >= 4 is 41.2 Å². The van der Waals surface area contributed by atoms with Crippen molar-refractivity contribution in [3.63, 3.8) is 0 Å². The summed E-state index contributed by atoms with van der Waals surface area (Å²) in [5, 5.41) is 7.34. The summed E-state index contributed by atoms with van der Waals surface area (Å²) in [6, 6.07) is 11.2. The molecule has 2 aromatic carbocycles. The van der Waals surface area contributed by atoms with Crippen LogP contribution in [-0.2, 0) is 4.79 Å². The number of carbonyl (C=O) groups excluding carboxylic acids is 2. The summed E-state index contributed by atoms with van der Waals surface area (Å²) < 4.78 is 5.62. The molecule has 2 aromatic rings. The van der Waals surface area contributed by atoms with Gasteiger partial charge in [0.25, 0.3) is 11.8 Å². The number of carbonyl (C=O) groups is 2. The van der Waals surface area contributed by atoms with Gasteiger partial charge in [0.15, 0.2) is 0 Å². The maximum absolute atomic E-state index is 12.6. The molecule has 1 atom stereocenters.